The molecule has 0 unspecified atom stereocenters. The number of urea groups is 1. The predicted molar refractivity (Wildman–Crippen MR) is 74.2 cm³/mol. The van der Waals surface area contributed by atoms with Crippen molar-refractivity contribution in [2.45, 2.75) is 19.9 Å². The summed E-state index contributed by atoms with van der Waals surface area (Å²) in [5.74, 6) is -0.547. The van der Waals surface area contributed by atoms with E-state index < -0.39 is 18.0 Å². The molecule has 0 aliphatic rings. The number of ether oxygens (including phenoxy) is 1. The van der Waals surface area contributed by atoms with Crippen LogP contribution in [0.1, 0.15) is 13.8 Å². The fourth-order valence-corrected chi connectivity index (χ4v) is 1.69. The molecule has 0 heterocycles. The first-order valence-electron chi connectivity index (χ1n) is 5.85. The largest absolute Gasteiger partial charge is 0.467 e. The van der Waals surface area contributed by atoms with Gasteiger partial charge in [-0.3, -0.25) is 0 Å². The Kier molecular flexibility index (Phi) is 5.63. The van der Waals surface area contributed by atoms with Gasteiger partial charge in [0.2, 0.25) is 0 Å². The third kappa shape index (κ3) is 4.79. The minimum Gasteiger partial charge on any atom is -0.467 e. The number of halogens is 1. The molecule has 0 spiro atoms. The zero-order valence-electron chi connectivity index (χ0n) is 11.1. The number of carbonyl (C=O) groups is 2. The second kappa shape index (κ2) is 6.99. The molecule has 0 fully saturated rings. The number of carbonyl (C=O) groups excluding carboxylic acids is 2. The summed E-state index contributed by atoms with van der Waals surface area (Å²) in [5, 5.41) is 5.69. The molecule has 19 heavy (non-hydrogen) atoms. The summed E-state index contributed by atoms with van der Waals surface area (Å²) in [6.07, 6.45) is 0. The maximum atomic E-state index is 11.8. The first-order chi connectivity index (χ1) is 8.93. The second-order valence-corrected chi connectivity index (χ2v) is 4.79. The molecule has 2 N–H and O–H groups in total. The number of anilines is 1. The molecule has 0 radical (unpaired) electrons. The van der Waals surface area contributed by atoms with Crippen LogP contribution in [-0.4, -0.2) is 25.2 Å². The number of esters is 1. The Bertz CT molecular complexity index is 463. The van der Waals surface area contributed by atoms with E-state index in [4.69, 9.17) is 11.6 Å². The quantitative estimate of drug-likeness (QED) is 0.835. The van der Waals surface area contributed by atoms with E-state index in [0.717, 1.165) is 0 Å². The van der Waals surface area contributed by atoms with Crippen LogP contribution in [0.2, 0.25) is 5.02 Å². The van der Waals surface area contributed by atoms with Crippen molar-refractivity contribution in [3.8, 4) is 0 Å². The standard InChI is InChI=1S/C13H17ClN2O3/c1-8(2)11(12(17)19-3)16-13(18)15-10-6-4-5-9(14)7-10/h4-8,11H,1-3H3,(H2,15,16,18)/t11-/m1/s1. The smallest absolute Gasteiger partial charge is 0.328 e. The van der Waals surface area contributed by atoms with Gasteiger partial charge in [-0.2, -0.15) is 0 Å². The highest BCUT2D eigenvalue weighted by Gasteiger charge is 2.24. The van der Waals surface area contributed by atoms with Crippen molar-refractivity contribution in [3.63, 3.8) is 0 Å². The number of amides is 2. The molecule has 1 aromatic carbocycles. The number of rotatable bonds is 4. The summed E-state index contributed by atoms with van der Waals surface area (Å²) in [6, 6.07) is 5.57. The Morgan fingerprint density at radius 3 is 2.53 bits per heavy atom. The summed E-state index contributed by atoms with van der Waals surface area (Å²) in [6.45, 7) is 3.64. The lowest BCUT2D eigenvalue weighted by Crippen LogP contribution is -2.46. The monoisotopic (exact) mass is 284 g/mol. The van der Waals surface area contributed by atoms with Gasteiger partial charge < -0.3 is 15.4 Å². The van der Waals surface area contributed by atoms with Gasteiger partial charge in [-0.1, -0.05) is 31.5 Å². The lowest BCUT2D eigenvalue weighted by Gasteiger charge is -2.20. The molecule has 0 saturated carbocycles. The van der Waals surface area contributed by atoms with Crippen molar-refractivity contribution >= 4 is 29.3 Å². The van der Waals surface area contributed by atoms with Crippen molar-refractivity contribution in [3.05, 3.63) is 29.3 Å². The fourth-order valence-electron chi connectivity index (χ4n) is 1.50. The van der Waals surface area contributed by atoms with Crippen LogP contribution in [0.5, 0.6) is 0 Å². The Labute approximate surface area is 117 Å². The average Bonchev–Trinajstić information content (AvgIpc) is 2.34. The van der Waals surface area contributed by atoms with Crippen LogP contribution in [-0.2, 0) is 9.53 Å². The minimum atomic E-state index is -0.691. The van der Waals surface area contributed by atoms with Crippen molar-refractivity contribution in [1.29, 1.82) is 0 Å². The van der Waals surface area contributed by atoms with Crippen LogP contribution < -0.4 is 10.6 Å². The summed E-state index contributed by atoms with van der Waals surface area (Å²) < 4.78 is 4.64. The SMILES string of the molecule is COC(=O)[C@H](NC(=O)Nc1cccc(Cl)c1)C(C)C. The Balaban J connectivity index is 2.65. The van der Waals surface area contributed by atoms with Gasteiger partial charge in [-0.25, -0.2) is 9.59 Å². The van der Waals surface area contributed by atoms with Crippen LogP contribution in [0.25, 0.3) is 0 Å². The van der Waals surface area contributed by atoms with Crippen LogP contribution in [0, 0.1) is 5.92 Å². The molecular weight excluding hydrogens is 268 g/mol. The van der Waals surface area contributed by atoms with Crippen LogP contribution in [0.3, 0.4) is 0 Å². The second-order valence-electron chi connectivity index (χ2n) is 4.35. The van der Waals surface area contributed by atoms with Crippen LogP contribution in [0.4, 0.5) is 10.5 Å². The average molecular weight is 285 g/mol. The zero-order chi connectivity index (χ0) is 14.4. The van der Waals surface area contributed by atoms with Crippen LogP contribution in [0.15, 0.2) is 24.3 Å². The Hall–Kier alpha value is -1.75. The van der Waals surface area contributed by atoms with Gasteiger partial charge in [0.1, 0.15) is 6.04 Å². The lowest BCUT2D eigenvalue weighted by molar-refractivity contribution is -0.143. The molecule has 2 amide bonds. The van der Waals surface area contributed by atoms with Gasteiger partial charge in [0.15, 0.2) is 0 Å². The molecule has 0 aliphatic heterocycles. The van der Waals surface area contributed by atoms with Crippen LogP contribution >= 0.6 is 11.6 Å². The molecule has 104 valence electrons. The van der Waals surface area contributed by atoms with Gasteiger partial charge in [0.25, 0.3) is 0 Å². The maximum absolute atomic E-state index is 11.8. The highest BCUT2D eigenvalue weighted by Crippen LogP contribution is 2.14. The van der Waals surface area contributed by atoms with Gasteiger partial charge in [0, 0.05) is 10.7 Å². The first kappa shape index (κ1) is 15.3. The van der Waals surface area contributed by atoms with Crippen molar-refractivity contribution < 1.29 is 14.3 Å². The van der Waals surface area contributed by atoms with Gasteiger partial charge >= 0.3 is 12.0 Å². The molecule has 0 saturated heterocycles. The van der Waals surface area contributed by atoms with E-state index in [9.17, 15) is 9.59 Å². The number of nitrogens with one attached hydrogen (secondary N) is 2. The third-order valence-corrected chi connectivity index (χ3v) is 2.73. The predicted octanol–water partition coefficient (Wildman–Crippen LogP) is 2.66. The van der Waals surface area contributed by atoms with E-state index in [-0.39, 0.29) is 5.92 Å². The van der Waals surface area contributed by atoms with Crippen molar-refractivity contribution in [1.82, 2.24) is 5.32 Å². The molecular formula is C13H17ClN2O3. The van der Waals surface area contributed by atoms with Gasteiger partial charge in [-0.05, 0) is 24.1 Å². The highest BCUT2D eigenvalue weighted by molar-refractivity contribution is 6.30. The summed E-state index contributed by atoms with van der Waals surface area (Å²) >= 11 is 5.81. The molecule has 0 aromatic heterocycles. The number of methoxy groups -OCH3 is 1. The molecule has 1 atom stereocenters. The van der Waals surface area contributed by atoms with E-state index in [0.29, 0.717) is 10.7 Å². The lowest BCUT2D eigenvalue weighted by atomic mass is 10.1. The molecule has 0 aliphatic carbocycles. The number of hydrogen-bond donors (Lipinski definition) is 2. The highest BCUT2D eigenvalue weighted by atomic mass is 35.5. The topological polar surface area (TPSA) is 67.4 Å². The number of benzene rings is 1. The van der Waals surface area contributed by atoms with E-state index in [2.05, 4.69) is 15.4 Å². The molecule has 5 nitrogen and oxygen atoms in total. The van der Waals surface area contributed by atoms with E-state index in [1.54, 1.807) is 24.3 Å². The Morgan fingerprint density at radius 2 is 2.00 bits per heavy atom. The minimum absolute atomic E-state index is 0.0717. The van der Waals surface area contributed by atoms with Gasteiger partial charge in [0.05, 0.1) is 7.11 Å². The summed E-state index contributed by atoms with van der Waals surface area (Å²) in [5.41, 5.74) is 0.553. The third-order valence-electron chi connectivity index (χ3n) is 2.49. The molecule has 0 bridgehead atoms. The molecule has 1 aromatic rings. The van der Waals surface area contributed by atoms with Crippen molar-refractivity contribution in [2.24, 2.45) is 5.92 Å². The van der Waals surface area contributed by atoms with Crippen molar-refractivity contribution in [2.75, 3.05) is 12.4 Å². The van der Waals surface area contributed by atoms with E-state index >= 15 is 0 Å². The summed E-state index contributed by atoms with van der Waals surface area (Å²) in [7, 11) is 1.29. The number of hydrogen-bond acceptors (Lipinski definition) is 3. The molecule has 6 heteroatoms. The Morgan fingerprint density at radius 1 is 1.32 bits per heavy atom. The van der Waals surface area contributed by atoms with Gasteiger partial charge in [-0.15, -0.1) is 0 Å². The molecule has 1 rings (SSSR count). The maximum Gasteiger partial charge on any atom is 0.328 e. The fraction of sp³-hybridized carbons (Fsp3) is 0.385. The summed E-state index contributed by atoms with van der Waals surface area (Å²) in [4.78, 5) is 23.3. The van der Waals surface area contributed by atoms with E-state index in [1.807, 2.05) is 13.8 Å². The van der Waals surface area contributed by atoms with E-state index in [1.165, 1.54) is 7.11 Å². The zero-order valence-corrected chi connectivity index (χ0v) is 11.8. The first-order valence-corrected chi connectivity index (χ1v) is 6.22. The normalized spacial score (nSPS) is 11.8.